The van der Waals surface area contributed by atoms with Crippen molar-refractivity contribution in [3.63, 3.8) is 0 Å². The molecule has 106 valence electrons. The first-order valence-electron chi connectivity index (χ1n) is 6.11. The number of hydrogen-bond acceptors (Lipinski definition) is 2. The molecule has 0 aromatic heterocycles. The van der Waals surface area contributed by atoms with Gasteiger partial charge >= 0.3 is 6.18 Å². The van der Waals surface area contributed by atoms with E-state index in [0.717, 1.165) is 11.8 Å². The fraction of sp³-hybridized carbons (Fsp3) is 0.500. The van der Waals surface area contributed by atoms with E-state index in [1.165, 1.54) is 4.90 Å². The number of halogens is 3. The lowest BCUT2D eigenvalue weighted by atomic mass is 9.83. The van der Waals surface area contributed by atoms with Gasteiger partial charge in [-0.2, -0.15) is 13.2 Å². The van der Waals surface area contributed by atoms with Gasteiger partial charge in [0.15, 0.2) is 0 Å². The summed E-state index contributed by atoms with van der Waals surface area (Å²) in [5.74, 6) is 0. The van der Waals surface area contributed by atoms with Crippen LogP contribution in [0, 0.1) is 0 Å². The maximum absolute atomic E-state index is 12.4. The van der Waals surface area contributed by atoms with E-state index in [2.05, 4.69) is 0 Å². The number of likely N-dealkylation sites (N-methyl/N-ethyl adjacent to an activating group) is 1. The van der Waals surface area contributed by atoms with Crippen LogP contribution in [-0.4, -0.2) is 37.0 Å². The van der Waals surface area contributed by atoms with E-state index in [9.17, 15) is 18.0 Å². The highest BCUT2D eigenvalue weighted by Gasteiger charge is 2.34. The highest BCUT2D eigenvalue weighted by atomic mass is 19.4. The zero-order chi connectivity index (χ0) is 14.5. The lowest BCUT2D eigenvalue weighted by Gasteiger charge is -2.31. The molecule has 0 bridgehead atoms. The molecular formula is C14H18F3NO. The van der Waals surface area contributed by atoms with Gasteiger partial charge in [0, 0.05) is 6.54 Å². The van der Waals surface area contributed by atoms with Gasteiger partial charge in [0.25, 0.3) is 0 Å². The van der Waals surface area contributed by atoms with E-state index >= 15 is 0 Å². The largest absolute Gasteiger partial charge is 0.401 e. The SMILES string of the molecule is CCN(CC(F)(F)F)CC(C)(C=O)c1ccccc1. The zero-order valence-corrected chi connectivity index (χ0v) is 11.1. The molecule has 5 heteroatoms. The van der Waals surface area contributed by atoms with Crippen molar-refractivity contribution in [1.29, 1.82) is 0 Å². The van der Waals surface area contributed by atoms with Crippen molar-refractivity contribution in [2.75, 3.05) is 19.6 Å². The van der Waals surface area contributed by atoms with Crippen LogP contribution in [0.5, 0.6) is 0 Å². The second kappa shape index (κ2) is 6.19. The van der Waals surface area contributed by atoms with Crippen LogP contribution in [0.2, 0.25) is 0 Å². The maximum atomic E-state index is 12.4. The second-order valence-corrected chi connectivity index (χ2v) is 4.82. The molecule has 1 atom stereocenters. The Kier molecular flexibility index (Phi) is 5.11. The average Bonchev–Trinajstić information content (AvgIpc) is 2.37. The molecule has 0 saturated carbocycles. The van der Waals surface area contributed by atoms with E-state index in [1.54, 1.807) is 38.1 Å². The molecule has 0 aliphatic heterocycles. The number of hydrogen-bond donors (Lipinski definition) is 0. The van der Waals surface area contributed by atoms with Gasteiger partial charge in [-0.25, -0.2) is 0 Å². The molecule has 0 saturated heterocycles. The quantitative estimate of drug-likeness (QED) is 0.743. The normalized spacial score (nSPS) is 15.3. The second-order valence-electron chi connectivity index (χ2n) is 4.82. The smallest absolute Gasteiger partial charge is 0.302 e. The third kappa shape index (κ3) is 4.67. The molecule has 1 rings (SSSR count). The van der Waals surface area contributed by atoms with Crippen LogP contribution in [0.3, 0.4) is 0 Å². The Morgan fingerprint density at radius 1 is 1.16 bits per heavy atom. The number of carbonyl (C=O) groups excluding carboxylic acids is 1. The van der Waals surface area contributed by atoms with Crippen LogP contribution in [0.15, 0.2) is 30.3 Å². The summed E-state index contributed by atoms with van der Waals surface area (Å²) in [5, 5.41) is 0. The summed E-state index contributed by atoms with van der Waals surface area (Å²) in [6, 6.07) is 8.88. The molecule has 0 amide bonds. The summed E-state index contributed by atoms with van der Waals surface area (Å²) in [4.78, 5) is 12.6. The third-order valence-corrected chi connectivity index (χ3v) is 3.10. The summed E-state index contributed by atoms with van der Waals surface area (Å²) in [7, 11) is 0. The van der Waals surface area contributed by atoms with Gasteiger partial charge in [-0.05, 0) is 19.0 Å². The highest BCUT2D eigenvalue weighted by molar-refractivity contribution is 5.68. The summed E-state index contributed by atoms with van der Waals surface area (Å²) >= 11 is 0. The van der Waals surface area contributed by atoms with Gasteiger partial charge < -0.3 is 4.79 Å². The van der Waals surface area contributed by atoms with E-state index in [1.807, 2.05) is 6.07 Å². The van der Waals surface area contributed by atoms with Crippen molar-refractivity contribution in [3.8, 4) is 0 Å². The number of aldehydes is 1. The van der Waals surface area contributed by atoms with Crippen molar-refractivity contribution in [2.45, 2.75) is 25.4 Å². The first-order valence-corrected chi connectivity index (χ1v) is 6.11. The molecule has 0 spiro atoms. The molecule has 0 heterocycles. The summed E-state index contributed by atoms with van der Waals surface area (Å²) in [6.45, 7) is 2.61. The standard InChI is InChI=1S/C14H18F3NO/c1-3-18(10-14(15,16)17)9-13(2,11-19)12-7-5-4-6-8-12/h4-8,11H,3,9-10H2,1-2H3. The highest BCUT2D eigenvalue weighted by Crippen LogP contribution is 2.24. The van der Waals surface area contributed by atoms with Gasteiger partial charge in [-0.15, -0.1) is 0 Å². The minimum atomic E-state index is -4.25. The van der Waals surface area contributed by atoms with Gasteiger partial charge in [0.2, 0.25) is 0 Å². The first kappa shape index (κ1) is 15.7. The molecule has 19 heavy (non-hydrogen) atoms. The van der Waals surface area contributed by atoms with Gasteiger partial charge in [0.05, 0.1) is 12.0 Å². The number of alkyl halides is 3. The van der Waals surface area contributed by atoms with Crippen molar-refractivity contribution < 1.29 is 18.0 Å². The van der Waals surface area contributed by atoms with Crippen LogP contribution < -0.4 is 0 Å². The van der Waals surface area contributed by atoms with Crippen molar-refractivity contribution in [1.82, 2.24) is 4.90 Å². The zero-order valence-electron chi connectivity index (χ0n) is 11.1. The van der Waals surface area contributed by atoms with E-state index in [0.29, 0.717) is 0 Å². The molecule has 0 aliphatic carbocycles. The molecule has 1 aromatic carbocycles. The van der Waals surface area contributed by atoms with Crippen LogP contribution in [0.25, 0.3) is 0 Å². The van der Waals surface area contributed by atoms with E-state index in [-0.39, 0.29) is 13.1 Å². The molecule has 0 N–H and O–H groups in total. The minimum Gasteiger partial charge on any atom is -0.302 e. The number of rotatable bonds is 6. The van der Waals surface area contributed by atoms with Gasteiger partial charge in [-0.1, -0.05) is 37.3 Å². The lowest BCUT2D eigenvalue weighted by molar-refractivity contribution is -0.148. The van der Waals surface area contributed by atoms with Crippen molar-refractivity contribution in [2.24, 2.45) is 0 Å². The Morgan fingerprint density at radius 3 is 2.16 bits per heavy atom. The van der Waals surface area contributed by atoms with Gasteiger partial charge in [0.1, 0.15) is 6.29 Å². The topological polar surface area (TPSA) is 20.3 Å². The van der Waals surface area contributed by atoms with Crippen molar-refractivity contribution in [3.05, 3.63) is 35.9 Å². The summed E-state index contributed by atoms with van der Waals surface area (Å²) in [6.07, 6.45) is -3.53. The Labute approximate surface area is 111 Å². The lowest BCUT2D eigenvalue weighted by Crippen LogP contribution is -2.44. The molecule has 0 fully saturated rings. The van der Waals surface area contributed by atoms with Crippen LogP contribution in [-0.2, 0) is 10.2 Å². The summed E-state index contributed by atoms with van der Waals surface area (Å²) in [5.41, 5.74) is -0.201. The number of carbonyl (C=O) groups is 1. The maximum Gasteiger partial charge on any atom is 0.401 e. The van der Waals surface area contributed by atoms with E-state index in [4.69, 9.17) is 0 Å². The van der Waals surface area contributed by atoms with Crippen molar-refractivity contribution >= 4 is 6.29 Å². The van der Waals surface area contributed by atoms with E-state index < -0.39 is 18.1 Å². The molecule has 0 aliphatic rings. The Hall–Kier alpha value is -1.36. The molecule has 1 aromatic rings. The van der Waals surface area contributed by atoms with Gasteiger partial charge in [-0.3, -0.25) is 4.90 Å². The first-order chi connectivity index (χ1) is 8.80. The molecule has 0 radical (unpaired) electrons. The average molecular weight is 273 g/mol. The Morgan fingerprint density at radius 2 is 1.74 bits per heavy atom. The minimum absolute atomic E-state index is 0.0521. The monoisotopic (exact) mass is 273 g/mol. The fourth-order valence-electron chi connectivity index (χ4n) is 2.01. The van der Waals surface area contributed by atoms with Crippen LogP contribution in [0.4, 0.5) is 13.2 Å². The number of nitrogens with zero attached hydrogens (tertiary/aromatic N) is 1. The van der Waals surface area contributed by atoms with Crippen LogP contribution >= 0.6 is 0 Å². The predicted octanol–water partition coefficient (Wildman–Crippen LogP) is 3.03. The predicted molar refractivity (Wildman–Crippen MR) is 68.0 cm³/mol. The third-order valence-electron chi connectivity index (χ3n) is 3.10. The van der Waals surface area contributed by atoms with Crippen LogP contribution in [0.1, 0.15) is 19.4 Å². The Balaban J connectivity index is 2.88. The number of benzene rings is 1. The fourth-order valence-corrected chi connectivity index (χ4v) is 2.01. The molecule has 2 nitrogen and oxygen atoms in total. The Bertz CT molecular complexity index is 405. The molecular weight excluding hydrogens is 255 g/mol. The molecule has 1 unspecified atom stereocenters. The summed E-state index contributed by atoms with van der Waals surface area (Å²) < 4.78 is 37.3.